The summed E-state index contributed by atoms with van der Waals surface area (Å²) >= 11 is 1.19. The van der Waals surface area contributed by atoms with Gasteiger partial charge in [-0.05, 0) is 25.5 Å². The number of nitrogens with zero attached hydrogens (tertiary/aromatic N) is 2. The zero-order chi connectivity index (χ0) is 15.4. The van der Waals surface area contributed by atoms with E-state index >= 15 is 0 Å². The van der Waals surface area contributed by atoms with Crippen molar-refractivity contribution < 1.29 is 8.78 Å². The van der Waals surface area contributed by atoms with E-state index in [2.05, 4.69) is 22.2 Å². The van der Waals surface area contributed by atoms with E-state index in [0.717, 1.165) is 36.1 Å². The first-order valence-corrected chi connectivity index (χ1v) is 7.55. The van der Waals surface area contributed by atoms with Crippen LogP contribution in [0.3, 0.4) is 0 Å². The van der Waals surface area contributed by atoms with Crippen LogP contribution in [0.5, 0.6) is 0 Å². The number of halogens is 2. The van der Waals surface area contributed by atoms with Crippen LogP contribution in [-0.2, 0) is 6.42 Å². The van der Waals surface area contributed by atoms with Crippen molar-refractivity contribution in [1.82, 2.24) is 9.97 Å². The minimum Gasteiger partial charge on any atom is -0.373 e. The minimum absolute atomic E-state index is 0.350. The van der Waals surface area contributed by atoms with Gasteiger partial charge in [-0.15, -0.1) is 0 Å². The molecular weight excluding hydrogens is 292 g/mol. The molecule has 0 unspecified atom stereocenters. The van der Waals surface area contributed by atoms with E-state index in [-0.39, 0.29) is 0 Å². The fourth-order valence-electron chi connectivity index (χ4n) is 1.88. The summed E-state index contributed by atoms with van der Waals surface area (Å²) in [5, 5.41) is 3.71. The van der Waals surface area contributed by atoms with Gasteiger partial charge < -0.3 is 5.32 Å². The second kappa shape index (κ2) is 6.85. The van der Waals surface area contributed by atoms with Crippen molar-refractivity contribution in [3.05, 3.63) is 41.2 Å². The van der Waals surface area contributed by atoms with Crippen LogP contribution in [-0.4, -0.2) is 17.0 Å². The molecular formula is C15H17F2N3S. The molecule has 1 N–H and O–H groups in total. The quantitative estimate of drug-likeness (QED) is 0.840. The SMILES string of the molecule is CCCc1nc(NC)c(C)c(Sc2ccc(F)cc2F)n1. The summed E-state index contributed by atoms with van der Waals surface area (Å²) in [6.45, 7) is 3.93. The van der Waals surface area contributed by atoms with Crippen LogP contribution >= 0.6 is 11.8 Å². The van der Waals surface area contributed by atoms with Gasteiger partial charge in [0.25, 0.3) is 0 Å². The van der Waals surface area contributed by atoms with Gasteiger partial charge in [-0.1, -0.05) is 18.7 Å². The van der Waals surface area contributed by atoms with Crippen LogP contribution in [0.4, 0.5) is 14.6 Å². The Bertz CT molecular complexity index is 647. The first-order valence-electron chi connectivity index (χ1n) is 6.73. The predicted octanol–water partition coefficient (Wildman–Crippen LogP) is 4.21. The van der Waals surface area contributed by atoms with Crippen molar-refractivity contribution in [1.29, 1.82) is 0 Å². The van der Waals surface area contributed by atoms with Gasteiger partial charge in [-0.25, -0.2) is 18.7 Å². The fraction of sp³-hybridized carbons (Fsp3) is 0.333. The average molecular weight is 309 g/mol. The maximum Gasteiger partial charge on any atom is 0.140 e. The predicted molar refractivity (Wildman–Crippen MR) is 80.8 cm³/mol. The summed E-state index contributed by atoms with van der Waals surface area (Å²) in [5.41, 5.74) is 0.853. The molecule has 0 fully saturated rings. The molecule has 0 aliphatic carbocycles. The van der Waals surface area contributed by atoms with Gasteiger partial charge in [0.15, 0.2) is 0 Å². The normalized spacial score (nSPS) is 10.7. The zero-order valence-electron chi connectivity index (χ0n) is 12.2. The van der Waals surface area contributed by atoms with Crippen molar-refractivity contribution in [2.75, 3.05) is 12.4 Å². The monoisotopic (exact) mass is 309 g/mol. The Morgan fingerprint density at radius 2 is 2.00 bits per heavy atom. The third kappa shape index (κ3) is 3.69. The van der Waals surface area contributed by atoms with E-state index in [0.29, 0.717) is 9.92 Å². The second-order valence-electron chi connectivity index (χ2n) is 4.60. The molecule has 1 aromatic heterocycles. The highest BCUT2D eigenvalue weighted by molar-refractivity contribution is 7.99. The number of anilines is 1. The number of nitrogens with one attached hydrogen (secondary N) is 1. The third-order valence-electron chi connectivity index (χ3n) is 2.96. The van der Waals surface area contributed by atoms with Crippen molar-refractivity contribution in [3.8, 4) is 0 Å². The molecule has 0 spiro atoms. The van der Waals surface area contributed by atoms with E-state index in [1.54, 1.807) is 7.05 Å². The van der Waals surface area contributed by atoms with Gasteiger partial charge in [0.2, 0.25) is 0 Å². The van der Waals surface area contributed by atoms with Crippen molar-refractivity contribution in [3.63, 3.8) is 0 Å². The van der Waals surface area contributed by atoms with Crippen LogP contribution in [0, 0.1) is 18.6 Å². The van der Waals surface area contributed by atoms with Gasteiger partial charge in [0, 0.05) is 30.0 Å². The third-order valence-corrected chi connectivity index (χ3v) is 4.10. The molecule has 0 radical (unpaired) electrons. The van der Waals surface area contributed by atoms with Crippen LogP contribution in [0.2, 0.25) is 0 Å². The summed E-state index contributed by atoms with van der Waals surface area (Å²) < 4.78 is 26.7. The lowest BCUT2D eigenvalue weighted by molar-refractivity contribution is 0.565. The molecule has 0 amide bonds. The molecule has 0 saturated carbocycles. The van der Waals surface area contributed by atoms with E-state index in [9.17, 15) is 8.78 Å². The molecule has 0 aliphatic heterocycles. The van der Waals surface area contributed by atoms with Gasteiger partial charge in [-0.3, -0.25) is 0 Å². The van der Waals surface area contributed by atoms with E-state index in [4.69, 9.17) is 0 Å². The molecule has 3 nitrogen and oxygen atoms in total. The fourth-order valence-corrected chi connectivity index (χ4v) is 2.78. The highest BCUT2D eigenvalue weighted by Gasteiger charge is 2.13. The lowest BCUT2D eigenvalue weighted by Gasteiger charge is -2.12. The molecule has 0 atom stereocenters. The molecule has 0 bridgehead atoms. The van der Waals surface area contributed by atoms with Gasteiger partial charge in [-0.2, -0.15) is 0 Å². The Hall–Kier alpha value is -1.69. The summed E-state index contributed by atoms with van der Waals surface area (Å²) in [7, 11) is 1.79. The molecule has 1 aromatic carbocycles. The number of rotatable bonds is 5. The molecule has 112 valence electrons. The van der Waals surface area contributed by atoms with Crippen molar-refractivity contribution in [2.24, 2.45) is 0 Å². The molecule has 2 rings (SSSR count). The minimum atomic E-state index is -0.584. The lowest BCUT2D eigenvalue weighted by atomic mass is 10.3. The highest BCUT2D eigenvalue weighted by atomic mass is 32.2. The van der Waals surface area contributed by atoms with E-state index < -0.39 is 11.6 Å². The maximum atomic E-state index is 13.8. The molecule has 1 heterocycles. The first-order chi connectivity index (χ1) is 10.0. The maximum absolute atomic E-state index is 13.8. The van der Waals surface area contributed by atoms with Crippen LogP contribution < -0.4 is 5.32 Å². The Morgan fingerprint density at radius 3 is 2.62 bits per heavy atom. The molecule has 0 aliphatic rings. The molecule has 2 aromatic rings. The lowest BCUT2D eigenvalue weighted by Crippen LogP contribution is -2.04. The van der Waals surface area contributed by atoms with Gasteiger partial charge in [0.05, 0.1) is 0 Å². The van der Waals surface area contributed by atoms with Crippen molar-refractivity contribution in [2.45, 2.75) is 36.6 Å². The van der Waals surface area contributed by atoms with E-state index in [1.165, 1.54) is 23.9 Å². The van der Waals surface area contributed by atoms with Crippen LogP contribution in [0.15, 0.2) is 28.1 Å². The summed E-state index contributed by atoms with van der Waals surface area (Å²) in [5.74, 6) is 0.288. The van der Waals surface area contributed by atoms with Gasteiger partial charge >= 0.3 is 0 Å². The Morgan fingerprint density at radius 1 is 1.24 bits per heavy atom. The molecule has 21 heavy (non-hydrogen) atoms. The largest absolute Gasteiger partial charge is 0.373 e. The Balaban J connectivity index is 2.40. The standard InChI is InChI=1S/C15H17F2N3S/c1-4-5-13-19-14(18-3)9(2)15(20-13)21-12-7-6-10(16)8-11(12)17/h6-8H,4-5H2,1-3H3,(H,18,19,20). The highest BCUT2D eigenvalue weighted by Crippen LogP contribution is 2.33. The molecule has 0 saturated heterocycles. The summed E-state index contributed by atoms with van der Waals surface area (Å²) in [6.07, 6.45) is 1.69. The second-order valence-corrected chi connectivity index (χ2v) is 5.63. The topological polar surface area (TPSA) is 37.8 Å². The number of benzene rings is 1. The smallest absolute Gasteiger partial charge is 0.140 e. The molecule has 6 heteroatoms. The van der Waals surface area contributed by atoms with Crippen LogP contribution in [0.1, 0.15) is 24.7 Å². The van der Waals surface area contributed by atoms with Crippen LogP contribution in [0.25, 0.3) is 0 Å². The van der Waals surface area contributed by atoms with Gasteiger partial charge in [0.1, 0.15) is 28.3 Å². The number of hydrogen-bond acceptors (Lipinski definition) is 4. The van der Waals surface area contributed by atoms with E-state index in [1.807, 2.05) is 6.92 Å². The summed E-state index contributed by atoms with van der Waals surface area (Å²) in [4.78, 5) is 9.26. The van der Waals surface area contributed by atoms with Crippen molar-refractivity contribution >= 4 is 17.6 Å². The summed E-state index contributed by atoms with van der Waals surface area (Å²) in [6, 6.07) is 3.55. The number of hydrogen-bond donors (Lipinski definition) is 1. The Kier molecular flexibility index (Phi) is 5.12. The number of aryl methyl sites for hydroxylation is 1. The zero-order valence-corrected chi connectivity index (χ0v) is 13.0. The number of aromatic nitrogens is 2. The first kappa shape index (κ1) is 15.7. The average Bonchev–Trinajstić information content (AvgIpc) is 2.45. The Labute approximate surface area is 127 Å².